The van der Waals surface area contributed by atoms with E-state index in [0.29, 0.717) is 6.54 Å². The molecule has 0 saturated heterocycles. The maximum atomic E-state index is 12.3. The van der Waals surface area contributed by atoms with Crippen LogP contribution in [0.15, 0.2) is 53.3 Å². The summed E-state index contributed by atoms with van der Waals surface area (Å²) >= 11 is 1.49. The average molecular weight is 327 g/mol. The molecule has 1 heterocycles. The monoisotopic (exact) mass is 327 g/mol. The minimum atomic E-state index is 0.0341. The summed E-state index contributed by atoms with van der Waals surface area (Å²) in [6.07, 6.45) is 1.69. The number of fused-ring (bicyclic) bond motifs is 1. The molecule has 0 aliphatic rings. The van der Waals surface area contributed by atoms with Crippen LogP contribution in [0, 0.1) is 0 Å². The highest BCUT2D eigenvalue weighted by Crippen LogP contribution is 2.17. The number of hydrogen-bond acceptors (Lipinski definition) is 3. The third-order valence-electron chi connectivity index (χ3n) is 3.67. The summed E-state index contributed by atoms with van der Waals surface area (Å²) in [4.78, 5) is 12.3. The Morgan fingerprint density at radius 1 is 1.17 bits per heavy atom. The number of nitrogens with zero attached hydrogens (tertiary/aromatic N) is 2. The van der Waals surface area contributed by atoms with E-state index in [-0.39, 0.29) is 11.6 Å². The first-order valence-electron chi connectivity index (χ1n) is 7.54. The summed E-state index contributed by atoms with van der Waals surface area (Å²) in [6.45, 7) is 4.39. The molecule has 0 atom stereocenters. The Kier molecular flexibility index (Phi) is 4.30. The van der Waals surface area contributed by atoms with E-state index < -0.39 is 0 Å². The van der Waals surface area contributed by atoms with Gasteiger partial charge in [-0.3, -0.25) is 14.0 Å². The van der Waals surface area contributed by atoms with Crippen molar-refractivity contribution in [3.05, 3.63) is 70.0 Å². The molecule has 0 bridgehead atoms. The number of rotatable bonds is 4. The molecule has 1 N–H and O–H groups in total. The van der Waals surface area contributed by atoms with Gasteiger partial charge in [0.1, 0.15) is 0 Å². The van der Waals surface area contributed by atoms with Crippen LogP contribution in [-0.2, 0) is 6.54 Å². The molecule has 4 nitrogen and oxygen atoms in total. The lowest BCUT2D eigenvalue weighted by Gasteiger charge is -2.02. The summed E-state index contributed by atoms with van der Waals surface area (Å²) in [6, 6.07) is 15.6. The predicted octanol–water partition coefficient (Wildman–Crippen LogP) is 3.34. The van der Waals surface area contributed by atoms with Gasteiger partial charge in [-0.05, 0) is 34.6 Å². The van der Waals surface area contributed by atoms with Gasteiger partial charge in [-0.15, -0.1) is 0 Å². The van der Waals surface area contributed by atoms with Crippen molar-refractivity contribution in [3.63, 3.8) is 0 Å². The highest BCUT2D eigenvalue weighted by atomic mass is 32.1. The Labute approximate surface area is 138 Å². The fraction of sp³-hybridized carbons (Fsp3) is 0.222. The van der Waals surface area contributed by atoms with E-state index in [9.17, 15) is 10.0 Å². The Hall–Kier alpha value is -2.40. The van der Waals surface area contributed by atoms with E-state index in [1.165, 1.54) is 16.3 Å². The second kappa shape index (κ2) is 6.38. The molecule has 0 amide bonds. The van der Waals surface area contributed by atoms with Gasteiger partial charge in [0.15, 0.2) is 6.04 Å². The Bertz CT molecular complexity index is 905. The van der Waals surface area contributed by atoms with Crippen LogP contribution in [0.5, 0.6) is 0 Å². The zero-order valence-corrected chi connectivity index (χ0v) is 14.0. The van der Waals surface area contributed by atoms with E-state index in [0.717, 1.165) is 21.2 Å². The maximum absolute atomic E-state index is 12.3. The van der Waals surface area contributed by atoms with Gasteiger partial charge in [0.2, 0.25) is 6.21 Å². The van der Waals surface area contributed by atoms with Crippen molar-refractivity contribution in [1.82, 2.24) is 3.96 Å². The van der Waals surface area contributed by atoms with E-state index in [2.05, 4.69) is 0 Å². The number of benzene rings is 2. The Morgan fingerprint density at radius 3 is 2.52 bits per heavy atom. The third-order valence-corrected chi connectivity index (χ3v) is 4.74. The summed E-state index contributed by atoms with van der Waals surface area (Å²) in [5.74, 6) is 0. The molecule has 0 radical (unpaired) electrons. The number of hydrogen-bond donors (Lipinski definition) is 1. The van der Waals surface area contributed by atoms with Gasteiger partial charge in [0.25, 0.3) is 5.56 Å². The molecule has 0 saturated carbocycles. The first kappa shape index (κ1) is 15.5. The second-order valence-electron chi connectivity index (χ2n) is 5.77. The van der Waals surface area contributed by atoms with E-state index in [1.807, 2.05) is 62.4 Å². The third kappa shape index (κ3) is 3.35. The van der Waals surface area contributed by atoms with Crippen LogP contribution in [0.2, 0.25) is 0 Å². The van der Waals surface area contributed by atoms with Gasteiger partial charge < -0.3 is 0 Å². The lowest BCUT2D eigenvalue weighted by atomic mass is 10.1. The summed E-state index contributed by atoms with van der Waals surface area (Å²) < 4.78 is 3.97. The molecular weight excluding hydrogens is 308 g/mol. The SMILES string of the molecule is CC(C)/[N+](O)=C\c1ccc(Cn2sc3ccccc3c2=O)cc1. The second-order valence-corrected chi connectivity index (χ2v) is 6.84. The van der Waals surface area contributed by atoms with Gasteiger partial charge in [0, 0.05) is 19.4 Å². The summed E-state index contributed by atoms with van der Waals surface area (Å²) in [7, 11) is 0. The van der Waals surface area contributed by atoms with Crippen LogP contribution in [-0.4, -0.2) is 26.2 Å². The van der Waals surface area contributed by atoms with Crippen LogP contribution < -0.4 is 5.56 Å². The van der Waals surface area contributed by atoms with Crippen molar-refractivity contribution >= 4 is 27.8 Å². The highest BCUT2D eigenvalue weighted by Gasteiger charge is 2.09. The fourth-order valence-electron chi connectivity index (χ4n) is 2.30. The van der Waals surface area contributed by atoms with Gasteiger partial charge in [-0.1, -0.05) is 35.8 Å². The molecule has 5 heteroatoms. The molecular formula is C18H19N2O2S+. The van der Waals surface area contributed by atoms with Gasteiger partial charge in [-0.25, -0.2) is 0 Å². The minimum absolute atomic E-state index is 0.0341. The highest BCUT2D eigenvalue weighted by molar-refractivity contribution is 7.13. The van der Waals surface area contributed by atoms with Gasteiger partial charge >= 0.3 is 0 Å². The van der Waals surface area contributed by atoms with Crippen LogP contribution in [0.3, 0.4) is 0 Å². The maximum Gasteiger partial charge on any atom is 0.268 e. The normalized spacial score (nSPS) is 12.2. The van der Waals surface area contributed by atoms with Crippen LogP contribution in [0.4, 0.5) is 0 Å². The van der Waals surface area contributed by atoms with Crippen molar-refractivity contribution in [3.8, 4) is 0 Å². The molecule has 3 rings (SSSR count). The van der Waals surface area contributed by atoms with Crippen LogP contribution >= 0.6 is 11.5 Å². The molecule has 0 spiro atoms. The fourth-order valence-corrected chi connectivity index (χ4v) is 3.32. The molecule has 23 heavy (non-hydrogen) atoms. The minimum Gasteiger partial charge on any atom is -0.291 e. The predicted molar refractivity (Wildman–Crippen MR) is 94.0 cm³/mol. The van der Waals surface area contributed by atoms with Crippen molar-refractivity contribution in [2.45, 2.75) is 26.4 Å². The molecule has 118 valence electrons. The molecule has 1 aromatic heterocycles. The topological polar surface area (TPSA) is 45.2 Å². The van der Waals surface area contributed by atoms with Gasteiger partial charge in [0.05, 0.1) is 16.6 Å². The Morgan fingerprint density at radius 2 is 1.87 bits per heavy atom. The molecule has 0 aliphatic carbocycles. The zero-order chi connectivity index (χ0) is 16.4. The van der Waals surface area contributed by atoms with Crippen molar-refractivity contribution < 1.29 is 9.95 Å². The van der Waals surface area contributed by atoms with Crippen LogP contribution in [0.25, 0.3) is 10.1 Å². The zero-order valence-electron chi connectivity index (χ0n) is 13.1. The van der Waals surface area contributed by atoms with Crippen molar-refractivity contribution in [1.29, 1.82) is 0 Å². The summed E-state index contributed by atoms with van der Waals surface area (Å²) in [5.41, 5.74) is 2.04. The lowest BCUT2D eigenvalue weighted by Crippen LogP contribution is -2.17. The van der Waals surface area contributed by atoms with E-state index in [4.69, 9.17) is 0 Å². The lowest BCUT2D eigenvalue weighted by molar-refractivity contribution is -0.791. The van der Waals surface area contributed by atoms with Crippen molar-refractivity contribution in [2.24, 2.45) is 0 Å². The largest absolute Gasteiger partial charge is 0.291 e. The Balaban J connectivity index is 1.84. The average Bonchev–Trinajstić information content (AvgIpc) is 2.86. The number of hydroxylamine groups is 1. The smallest absolute Gasteiger partial charge is 0.268 e. The number of aromatic nitrogens is 1. The van der Waals surface area contributed by atoms with Crippen molar-refractivity contribution in [2.75, 3.05) is 0 Å². The summed E-state index contributed by atoms with van der Waals surface area (Å²) in [5, 5.41) is 10.5. The van der Waals surface area contributed by atoms with E-state index >= 15 is 0 Å². The molecule has 0 unspecified atom stereocenters. The quantitative estimate of drug-likeness (QED) is 0.346. The molecule has 0 fully saturated rings. The van der Waals surface area contributed by atoms with E-state index in [1.54, 1.807) is 10.2 Å². The molecule has 2 aromatic carbocycles. The standard InChI is InChI=1S/C18H19N2O2S/c1-13(2)19(22)11-14-7-9-15(10-8-14)12-20-18(21)16-5-3-4-6-17(16)23-20/h3-11,13,22H,12H2,1-2H3/q+1/b19-11+. The van der Waals surface area contributed by atoms with Crippen LogP contribution in [0.1, 0.15) is 25.0 Å². The first-order chi connectivity index (χ1) is 11.0. The van der Waals surface area contributed by atoms with Gasteiger partial charge in [-0.2, -0.15) is 0 Å². The molecule has 3 aromatic rings. The first-order valence-corrected chi connectivity index (χ1v) is 8.32. The molecule has 0 aliphatic heterocycles.